The van der Waals surface area contributed by atoms with Gasteiger partial charge in [-0.15, -0.1) is 4.91 Å². The molecule has 1 aliphatic heterocycles. The first kappa shape index (κ1) is 23.9. The summed E-state index contributed by atoms with van der Waals surface area (Å²) in [6.07, 6.45) is 3.25. The molecule has 170 valence electrons. The Labute approximate surface area is 192 Å². The number of nitroso groups, excluding NO2 is 1. The summed E-state index contributed by atoms with van der Waals surface area (Å²) in [7, 11) is 0. The first-order valence-corrected chi connectivity index (χ1v) is 10.9. The van der Waals surface area contributed by atoms with Crippen LogP contribution in [0.2, 0.25) is 5.02 Å². The van der Waals surface area contributed by atoms with Gasteiger partial charge in [0, 0.05) is 6.20 Å². The van der Waals surface area contributed by atoms with E-state index in [9.17, 15) is 14.8 Å². The number of carbonyl (C=O) groups is 1. The standard InChI is InChI=1S/C24H27ClN2O5/c1-6-10-24(5)21(29)19(20(28)23(3,4)32-24)17-12-16(9-8-14(17)7-2)31-22-18(27-30)11-15(25)13-26-22/h8-9,11-13,28H,6-7,10H2,1-5H3. The molecule has 0 bridgehead atoms. The summed E-state index contributed by atoms with van der Waals surface area (Å²) < 4.78 is 11.9. The smallest absolute Gasteiger partial charge is 0.249 e. The second kappa shape index (κ2) is 9.00. The number of aromatic nitrogens is 1. The van der Waals surface area contributed by atoms with Gasteiger partial charge < -0.3 is 14.6 Å². The SMILES string of the molecule is CCCC1(C)OC(C)(C)C(O)=C(c2cc(Oc3ncc(Cl)cc3N=O)ccc2CC)C1=O. The Bertz CT molecular complexity index is 1100. The Morgan fingerprint density at radius 3 is 2.56 bits per heavy atom. The second-order valence-corrected chi connectivity index (χ2v) is 8.93. The third-order valence-electron chi connectivity index (χ3n) is 5.57. The van der Waals surface area contributed by atoms with Gasteiger partial charge in [-0.1, -0.05) is 37.9 Å². The maximum atomic E-state index is 13.5. The second-order valence-electron chi connectivity index (χ2n) is 8.49. The van der Waals surface area contributed by atoms with Gasteiger partial charge in [-0.3, -0.25) is 4.79 Å². The topological polar surface area (TPSA) is 98.1 Å². The van der Waals surface area contributed by atoms with E-state index in [1.165, 1.54) is 12.3 Å². The molecule has 8 heteroatoms. The van der Waals surface area contributed by atoms with Gasteiger partial charge in [-0.05, 0) is 68.1 Å². The van der Waals surface area contributed by atoms with E-state index < -0.39 is 11.2 Å². The van der Waals surface area contributed by atoms with Crippen LogP contribution in [0.4, 0.5) is 5.69 Å². The lowest BCUT2D eigenvalue weighted by Gasteiger charge is -2.42. The van der Waals surface area contributed by atoms with Gasteiger partial charge >= 0.3 is 0 Å². The molecule has 7 nitrogen and oxygen atoms in total. The molecule has 1 aromatic carbocycles. The predicted octanol–water partition coefficient (Wildman–Crippen LogP) is 6.69. The van der Waals surface area contributed by atoms with Crippen LogP contribution in [-0.4, -0.2) is 27.1 Å². The Balaban J connectivity index is 2.14. The number of nitrogens with zero attached hydrogens (tertiary/aromatic N) is 2. The summed E-state index contributed by atoms with van der Waals surface area (Å²) in [4.78, 5) is 28.7. The largest absolute Gasteiger partial charge is 0.508 e. The number of hydrogen-bond acceptors (Lipinski definition) is 7. The number of halogens is 1. The molecule has 0 saturated carbocycles. The quantitative estimate of drug-likeness (QED) is 0.464. The first-order chi connectivity index (χ1) is 15.1. The van der Waals surface area contributed by atoms with Gasteiger partial charge in [0.15, 0.2) is 11.5 Å². The zero-order valence-corrected chi connectivity index (χ0v) is 19.6. The molecule has 1 N–H and O–H groups in total. The molecule has 0 spiro atoms. The molecule has 0 aliphatic carbocycles. The van der Waals surface area contributed by atoms with Gasteiger partial charge in [0.05, 0.1) is 10.6 Å². The summed E-state index contributed by atoms with van der Waals surface area (Å²) in [6, 6.07) is 6.56. The van der Waals surface area contributed by atoms with Crippen LogP contribution < -0.4 is 4.74 Å². The van der Waals surface area contributed by atoms with Crippen LogP contribution in [-0.2, 0) is 16.0 Å². The number of rotatable bonds is 7. The number of Topliss-reactive ketones (excluding diaryl/α,β-unsaturated/α-hetero) is 1. The highest BCUT2D eigenvalue weighted by Crippen LogP contribution is 2.44. The molecule has 1 aromatic heterocycles. The third-order valence-corrected chi connectivity index (χ3v) is 5.77. The number of ketones is 1. The van der Waals surface area contributed by atoms with Crippen molar-refractivity contribution in [2.45, 2.75) is 65.1 Å². The Kier molecular flexibility index (Phi) is 6.72. The van der Waals surface area contributed by atoms with Crippen molar-refractivity contribution in [1.29, 1.82) is 0 Å². The van der Waals surface area contributed by atoms with Crippen molar-refractivity contribution >= 4 is 28.6 Å². The van der Waals surface area contributed by atoms with Crippen LogP contribution in [0.15, 0.2) is 41.4 Å². The van der Waals surface area contributed by atoms with Crippen LogP contribution in [0.1, 0.15) is 58.6 Å². The van der Waals surface area contributed by atoms with E-state index in [0.29, 0.717) is 24.2 Å². The molecule has 1 unspecified atom stereocenters. The zero-order valence-electron chi connectivity index (χ0n) is 18.9. The van der Waals surface area contributed by atoms with Gasteiger partial charge in [0.2, 0.25) is 5.88 Å². The molecular weight excluding hydrogens is 432 g/mol. The molecule has 0 saturated heterocycles. The lowest BCUT2D eigenvalue weighted by atomic mass is 9.79. The highest BCUT2D eigenvalue weighted by Gasteiger charge is 2.49. The van der Waals surface area contributed by atoms with Crippen LogP contribution >= 0.6 is 11.6 Å². The van der Waals surface area contributed by atoms with E-state index in [0.717, 1.165) is 12.0 Å². The Hall–Kier alpha value is -2.77. The zero-order chi connectivity index (χ0) is 23.7. The van der Waals surface area contributed by atoms with Gasteiger partial charge in [0.1, 0.15) is 22.7 Å². The molecule has 3 rings (SSSR count). The van der Waals surface area contributed by atoms with Crippen molar-refractivity contribution in [3.63, 3.8) is 0 Å². The van der Waals surface area contributed by atoms with Crippen molar-refractivity contribution in [2.24, 2.45) is 5.18 Å². The highest BCUT2D eigenvalue weighted by molar-refractivity contribution is 6.30. The van der Waals surface area contributed by atoms with Crippen LogP contribution in [0.3, 0.4) is 0 Å². The maximum absolute atomic E-state index is 13.5. The number of ether oxygens (including phenoxy) is 2. The number of aliphatic hydroxyl groups excluding tert-OH is 1. The van der Waals surface area contributed by atoms with Crippen LogP contribution in [0.25, 0.3) is 5.57 Å². The van der Waals surface area contributed by atoms with Crippen LogP contribution in [0.5, 0.6) is 11.6 Å². The van der Waals surface area contributed by atoms with E-state index in [-0.39, 0.29) is 33.7 Å². The highest BCUT2D eigenvalue weighted by atomic mass is 35.5. The average Bonchev–Trinajstić information content (AvgIpc) is 2.74. The fourth-order valence-corrected chi connectivity index (χ4v) is 4.21. The number of aryl methyl sites for hydroxylation is 1. The Morgan fingerprint density at radius 2 is 1.94 bits per heavy atom. The van der Waals surface area contributed by atoms with E-state index in [2.05, 4.69) is 10.2 Å². The molecule has 1 atom stereocenters. The molecule has 0 fully saturated rings. The number of carbonyl (C=O) groups excluding carboxylic acids is 1. The van der Waals surface area contributed by atoms with Crippen molar-refractivity contribution < 1.29 is 19.4 Å². The van der Waals surface area contributed by atoms with Gasteiger partial charge in [0.25, 0.3) is 0 Å². The first-order valence-electron chi connectivity index (χ1n) is 10.5. The molecule has 32 heavy (non-hydrogen) atoms. The molecule has 0 radical (unpaired) electrons. The van der Waals surface area contributed by atoms with Crippen molar-refractivity contribution in [1.82, 2.24) is 4.98 Å². The molecular formula is C24H27ClN2O5. The lowest BCUT2D eigenvalue weighted by molar-refractivity contribution is -0.164. The van der Waals surface area contributed by atoms with E-state index in [1.807, 2.05) is 19.9 Å². The molecule has 2 aromatic rings. The van der Waals surface area contributed by atoms with Gasteiger partial charge in [-0.25, -0.2) is 4.98 Å². The van der Waals surface area contributed by atoms with E-state index in [4.69, 9.17) is 21.1 Å². The Morgan fingerprint density at radius 1 is 1.22 bits per heavy atom. The summed E-state index contributed by atoms with van der Waals surface area (Å²) in [5.74, 6) is -0.0653. The van der Waals surface area contributed by atoms with Crippen molar-refractivity contribution in [3.05, 3.63) is 57.3 Å². The monoisotopic (exact) mass is 458 g/mol. The fraction of sp³-hybridized carbons (Fsp3) is 0.417. The minimum absolute atomic E-state index is 0.00717. The molecule has 1 aliphatic rings. The summed E-state index contributed by atoms with van der Waals surface area (Å²) in [5.41, 5.74) is -0.505. The molecule has 0 amide bonds. The van der Waals surface area contributed by atoms with Crippen molar-refractivity contribution in [2.75, 3.05) is 0 Å². The number of aliphatic hydroxyl groups is 1. The third kappa shape index (κ3) is 4.40. The fourth-order valence-electron chi connectivity index (χ4n) is 4.05. The minimum atomic E-state index is -1.06. The summed E-state index contributed by atoms with van der Waals surface area (Å²) in [6.45, 7) is 9.20. The van der Waals surface area contributed by atoms with E-state index >= 15 is 0 Å². The van der Waals surface area contributed by atoms with Crippen molar-refractivity contribution in [3.8, 4) is 11.6 Å². The number of benzene rings is 1. The van der Waals surface area contributed by atoms with E-state index in [1.54, 1.807) is 32.9 Å². The summed E-state index contributed by atoms with van der Waals surface area (Å²) >= 11 is 5.88. The minimum Gasteiger partial charge on any atom is -0.508 e. The summed E-state index contributed by atoms with van der Waals surface area (Å²) in [5, 5.41) is 14.2. The number of hydrogen-bond donors (Lipinski definition) is 1. The number of pyridine rings is 1. The average molecular weight is 459 g/mol. The lowest BCUT2D eigenvalue weighted by Crippen LogP contribution is -2.51. The van der Waals surface area contributed by atoms with Gasteiger partial charge in [-0.2, -0.15) is 0 Å². The maximum Gasteiger partial charge on any atom is 0.249 e. The predicted molar refractivity (Wildman–Crippen MR) is 124 cm³/mol. The normalized spacial score (nSPS) is 20.4. The van der Waals surface area contributed by atoms with Crippen LogP contribution in [0, 0.1) is 4.91 Å². The molecule has 2 heterocycles.